The molecule has 0 aliphatic carbocycles. The average molecular weight is 301 g/mol. The first-order valence-electron chi connectivity index (χ1n) is 6.79. The normalized spacial score (nSPS) is 11.6. The van der Waals surface area contributed by atoms with Crippen LogP contribution in [0.5, 0.6) is 0 Å². The lowest BCUT2D eigenvalue weighted by Gasteiger charge is -2.17. The topological polar surface area (TPSA) is 85.4 Å². The first kappa shape index (κ1) is 16.7. The summed E-state index contributed by atoms with van der Waals surface area (Å²) in [5, 5.41) is 5.10. The van der Waals surface area contributed by atoms with Crippen molar-refractivity contribution in [1.29, 1.82) is 0 Å². The molecule has 0 fully saturated rings. The van der Waals surface area contributed by atoms with Crippen molar-refractivity contribution < 1.29 is 13.2 Å². The Labute approximate surface area is 120 Å². The predicted octanol–water partition coefficient (Wildman–Crippen LogP) is 1.42. The molecule has 0 aromatic carbocycles. The Morgan fingerprint density at radius 3 is 2.50 bits per heavy atom. The van der Waals surface area contributed by atoms with Gasteiger partial charge in [-0.05, 0) is 19.4 Å². The van der Waals surface area contributed by atoms with Crippen molar-refractivity contribution in [2.24, 2.45) is 5.14 Å². The molecular formula is C13H23N3O3S. The first-order valence-corrected chi connectivity index (χ1v) is 8.34. The van der Waals surface area contributed by atoms with Gasteiger partial charge in [0.2, 0.25) is 10.0 Å². The van der Waals surface area contributed by atoms with Crippen LogP contribution in [0.1, 0.15) is 43.6 Å². The third kappa shape index (κ3) is 4.08. The van der Waals surface area contributed by atoms with Crippen molar-refractivity contribution in [3.63, 3.8) is 0 Å². The van der Waals surface area contributed by atoms with Crippen LogP contribution in [-0.2, 0) is 16.6 Å². The van der Waals surface area contributed by atoms with E-state index in [0.717, 1.165) is 19.3 Å². The van der Waals surface area contributed by atoms with E-state index in [1.807, 2.05) is 6.92 Å². The van der Waals surface area contributed by atoms with Crippen LogP contribution < -0.4 is 5.14 Å². The van der Waals surface area contributed by atoms with E-state index in [2.05, 4.69) is 6.92 Å². The number of sulfonamides is 1. The zero-order valence-electron chi connectivity index (χ0n) is 12.3. The third-order valence-corrected chi connectivity index (χ3v) is 4.08. The van der Waals surface area contributed by atoms with Crippen LogP contribution in [0.2, 0.25) is 0 Å². The molecule has 1 aromatic heterocycles. The summed E-state index contributed by atoms with van der Waals surface area (Å²) in [5.41, 5.74) is 0.357. The highest BCUT2D eigenvalue weighted by Gasteiger charge is 2.20. The van der Waals surface area contributed by atoms with Gasteiger partial charge in [0.15, 0.2) is 0 Å². The summed E-state index contributed by atoms with van der Waals surface area (Å²) >= 11 is 0. The summed E-state index contributed by atoms with van der Waals surface area (Å²) in [6.07, 6.45) is 4.49. The Morgan fingerprint density at radius 1 is 1.35 bits per heavy atom. The molecule has 1 rings (SSSR count). The summed E-state index contributed by atoms with van der Waals surface area (Å²) < 4.78 is 24.3. The van der Waals surface area contributed by atoms with E-state index in [-0.39, 0.29) is 10.8 Å². The number of primary sulfonamides is 1. The molecule has 6 nitrogen and oxygen atoms in total. The number of unbranched alkanes of at least 4 members (excludes halogenated alkanes) is 2. The number of hydrogen-bond acceptors (Lipinski definition) is 3. The van der Waals surface area contributed by atoms with Gasteiger partial charge < -0.3 is 9.47 Å². The Balaban J connectivity index is 2.94. The smallest absolute Gasteiger partial charge is 0.270 e. The standard InChI is InChI=1S/C13H23N3O3S/c1-4-6-7-8-15(3)13(17)12-9-11(20(14,18)19)10-16(12)5-2/h9-10H,4-8H2,1-3H3,(H2,14,18,19). The molecule has 20 heavy (non-hydrogen) atoms. The van der Waals surface area contributed by atoms with Crippen LogP contribution >= 0.6 is 0 Å². The van der Waals surface area contributed by atoms with Gasteiger partial charge in [0.1, 0.15) is 10.6 Å². The van der Waals surface area contributed by atoms with Gasteiger partial charge >= 0.3 is 0 Å². The highest BCUT2D eigenvalue weighted by Crippen LogP contribution is 2.15. The number of amides is 1. The van der Waals surface area contributed by atoms with Gasteiger partial charge in [0.25, 0.3) is 5.91 Å². The maximum absolute atomic E-state index is 12.3. The van der Waals surface area contributed by atoms with Gasteiger partial charge in [-0.1, -0.05) is 19.8 Å². The van der Waals surface area contributed by atoms with Crippen LogP contribution in [0.25, 0.3) is 0 Å². The van der Waals surface area contributed by atoms with Crippen LogP contribution in [0.3, 0.4) is 0 Å². The number of aromatic nitrogens is 1. The van der Waals surface area contributed by atoms with E-state index in [1.54, 1.807) is 16.5 Å². The molecule has 0 aliphatic heterocycles. The molecule has 0 aliphatic rings. The second-order valence-corrected chi connectivity index (χ2v) is 6.39. The predicted molar refractivity (Wildman–Crippen MR) is 78.0 cm³/mol. The minimum Gasteiger partial charge on any atom is -0.342 e. The van der Waals surface area contributed by atoms with E-state index in [1.165, 1.54) is 12.3 Å². The maximum Gasteiger partial charge on any atom is 0.270 e. The maximum atomic E-state index is 12.3. The zero-order valence-corrected chi connectivity index (χ0v) is 13.1. The van der Waals surface area contributed by atoms with Crippen molar-refractivity contribution in [3.05, 3.63) is 18.0 Å². The van der Waals surface area contributed by atoms with Crippen LogP contribution in [-0.4, -0.2) is 37.4 Å². The number of nitrogens with two attached hydrogens (primary N) is 1. The molecule has 7 heteroatoms. The fourth-order valence-electron chi connectivity index (χ4n) is 1.98. The van der Waals surface area contributed by atoms with Crippen LogP contribution in [0, 0.1) is 0 Å². The monoisotopic (exact) mass is 301 g/mol. The number of carbonyl (C=O) groups excluding carboxylic acids is 1. The van der Waals surface area contributed by atoms with Gasteiger partial charge in [0, 0.05) is 26.3 Å². The number of aryl methyl sites for hydroxylation is 1. The lowest BCUT2D eigenvalue weighted by atomic mass is 10.2. The molecule has 0 spiro atoms. The highest BCUT2D eigenvalue weighted by molar-refractivity contribution is 7.89. The second kappa shape index (κ2) is 6.90. The molecule has 0 bridgehead atoms. The van der Waals surface area contributed by atoms with Gasteiger partial charge in [-0.25, -0.2) is 13.6 Å². The van der Waals surface area contributed by atoms with Crippen molar-refractivity contribution in [3.8, 4) is 0 Å². The number of nitrogens with zero attached hydrogens (tertiary/aromatic N) is 2. The van der Waals surface area contributed by atoms with Crippen LogP contribution in [0.4, 0.5) is 0 Å². The van der Waals surface area contributed by atoms with Crippen LogP contribution in [0.15, 0.2) is 17.2 Å². The van der Waals surface area contributed by atoms with Crippen molar-refractivity contribution in [2.45, 2.75) is 44.6 Å². The molecule has 0 radical (unpaired) electrons. The number of rotatable bonds is 7. The average Bonchev–Trinajstić information content (AvgIpc) is 2.81. The van der Waals surface area contributed by atoms with E-state index >= 15 is 0 Å². The van der Waals surface area contributed by atoms with Crippen molar-refractivity contribution in [2.75, 3.05) is 13.6 Å². The molecule has 0 saturated heterocycles. The lowest BCUT2D eigenvalue weighted by Crippen LogP contribution is -2.29. The van der Waals surface area contributed by atoms with E-state index in [0.29, 0.717) is 18.8 Å². The Morgan fingerprint density at radius 2 is 2.00 bits per heavy atom. The number of hydrogen-bond donors (Lipinski definition) is 1. The minimum absolute atomic E-state index is 0.0235. The number of carbonyl (C=O) groups is 1. The summed E-state index contributed by atoms with van der Waals surface area (Å²) in [6.45, 7) is 5.12. The summed E-state index contributed by atoms with van der Waals surface area (Å²) in [6, 6.07) is 1.34. The highest BCUT2D eigenvalue weighted by atomic mass is 32.2. The minimum atomic E-state index is -3.79. The molecule has 0 saturated carbocycles. The fraction of sp³-hybridized carbons (Fsp3) is 0.615. The van der Waals surface area contributed by atoms with Crippen molar-refractivity contribution in [1.82, 2.24) is 9.47 Å². The molecule has 2 N–H and O–H groups in total. The van der Waals surface area contributed by atoms with E-state index in [4.69, 9.17) is 5.14 Å². The Bertz CT molecular complexity index is 563. The van der Waals surface area contributed by atoms with Gasteiger partial charge in [-0.2, -0.15) is 0 Å². The lowest BCUT2D eigenvalue weighted by molar-refractivity contribution is 0.0782. The molecule has 114 valence electrons. The van der Waals surface area contributed by atoms with Crippen molar-refractivity contribution >= 4 is 15.9 Å². The van der Waals surface area contributed by atoms with Gasteiger partial charge in [0.05, 0.1) is 0 Å². The van der Waals surface area contributed by atoms with E-state index < -0.39 is 10.0 Å². The second-order valence-electron chi connectivity index (χ2n) is 4.83. The quantitative estimate of drug-likeness (QED) is 0.773. The molecule has 1 heterocycles. The molecule has 0 atom stereocenters. The fourth-order valence-corrected chi connectivity index (χ4v) is 2.53. The largest absolute Gasteiger partial charge is 0.342 e. The molecule has 0 unspecified atom stereocenters. The SMILES string of the molecule is CCCCCN(C)C(=O)c1cc(S(N)(=O)=O)cn1CC. The summed E-state index contributed by atoms with van der Waals surface area (Å²) in [5.74, 6) is -0.183. The molecular weight excluding hydrogens is 278 g/mol. The third-order valence-electron chi connectivity index (χ3n) is 3.20. The summed E-state index contributed by atoms with van der Waals surface area (Å²) in [7, 11) is -2.06. The first-order chi connectivity index (χ1) is 9.31. The summed E-state index contributed by atoms with van der Waals surface area (Å²) in [4.78, 5) is 13.9. The Kier molecular flexibility index (Phi) is 5.76. The zero-order chi connectivity index (χ0) is 15.3. The Hall–Kier alpha value is -1.34. The van der Waals surface area contributed by atoms with Gasteiger partial charge in [-0.3, -0.25) is 4.79 Å². The van der Waals surface area contributed by atoms with E-state index in [9.17, 15) is 13.2 Å². The molecule has 1 aromatic rings. The van der Waals surface area contributed by atoms with Gasteiger partial charge in [-0.15, -0.1) is 0 Å². The molecule has 1 amide bonds.